The monoisotopic (exact) mass is 273 g/mol. The molecule has 0 aliphatic carbocycles. The Morgan fingerprint density at radius 2 is 2.15 bits per heavy atom. The molecule has 2 N–H and O–H groups in total. The Labute approximate surface area is 118 Å². The number of benzene rings is 1. The maximum atomic E-state index is 11.9. The number of phenols is 1. The topological polar surface area (TPSA) is 67.2 Å². The fourth-order valence-electron chi connectivity index (χ4n) is 2.23. The van der Waals surface area contributed by atoms with Crippen LogP contribution in [0.3, 0.4) is 0 Å². The third kappa shape index (κ3) is 2.99. The molecule has 5 heteroatoms. The van der Waals surface area contributed by atoms with Gasteiger partial charge in [-0.15, -0.1) is 0 Å². The summed E-state index contributed by atoms with van der Waals surface area (Å²) in [7, 11) is 1.91. The zero-order valence-electron chi connectivity index (χ0n) is 12.0. The molecule has 0 aliphatic heterocycles. The molecule has 0 radical (unpaired) electrons. The van der Waals surface area contributed by atoms with Crippen molar-refractivity contribution in [1.82, 2.24) is 15.1 Å². The van der Waals surface area contributed by atoms with E-state index >= 15 is 0 Å². The Balaban J connectivity index is 1.94. The molecule has 106 valence electrons. The molecule has 1 aromatic heterocycles. The summed E-state index contributed by atoms with van der Waals surface area (Å²) in [6.07, 6.45) is 0.746. The van der Waals surface area contributed by atoms with Gasteiger partial charge in [0.1, 0.15) is 5.75 Å². The van der Waals surface area contributed by atoms with Crippen molar-refractivity contribution < 1.29 is 9.90 Å². The number of phenolic OH excluding ortho intramolecular Hbond substituents is 1. The zero-order valence-corrected chi connectivity index (χ0v) is 12.0. The van der Waals surface area contributed by atoms with Crippen molar-refractivity contribution in [3.05, 3.63) is 46.8 Å². The van der Waals surface area contributed by atoms with Gasteiger partial charge in [-0.05, 0) is 44.0 Å². The lowest BCUT2D eigenvalue weighted by atomic mass is 10.1. The third-order valence-electron chi connectivity index (χ3n) is 3.43. The van der Waals surface area contributed by atoms with Crippen LogP contribution >= 0.6 is 0 Å². The van der Waals surface area contributed by atoms with Crippen molar-refractivity contribution in [3.8, 4) is 5.75 Å². The van der Waals surface area contributed by atoms with Crippen molar-refractivity contribution in [2.75, 3.05) is 6.54 Å². The van der Waals surface area contributed by atoms with Gasteiger partial charge in [0.2, 0.25) is 0 Å². The van der Waals surface area contributed by atoms with E-state index in [1.807, 2.05) is 25.6 Å². The van der Waals surface area contributed by atoms with Gasteiger partial charge in [-0.1, -0.05) is 6.07 Å². The van der Waals surface area contributed by atoms with Crippen molar-refractivity contribution in [1.29, 1.82) is 0 Å². The number of aromatic hydroxyl groups is 1. The average molecular weight is 273 g/mol. The van der Waals surface area contributed by atoms with Gasteiger partial charge in [0, 0.05) is 24.8 Å². The lowest BCUT2D eigenvalue weighted by Gasteiger charge is -2.06. The number of aryl methyl sites for hydroxylation is 2. The number of amides is 1. The van der Waals surface area contributed by atoms with Crippen LogP contribution in [0.25, 0.3) is 0 Å². The average Bonchev–Trinajstić information content (AvgIpc) is 2.65. The smallest absolute Gasteiger partial charge is 0.251 e. The molecule has 2 rings (SSSR count). The minimum absolute atomic E-state index is 0.0941. The maximum Gasteiger partial charge on any atom is 0.251 e. The molecule has 0 unspecified atom stereocenters. The van der Waals surface area contributed by atoms with Crippen LogP contribution in [0, 0.1) is 13.8 Å². The normalized spacial score (nSPS) is 10.6. The first kappa shape index (κ1) is 14.1. The van der Waals surface area contributed by atoms with Gasteiger partial charge in [0.05, 0.1) is 5.69 Å². The number of aromatic nitrogens is 2. The summed E-state index contributed by atoms with van der Waals surface area (Å²) in [5.74, 6) is -0.0864. The van der Waals surface area contributed by atoms with Gasteiger partial charge in [0.15, 0.2) is 0 Å². The largest absolute Gasteiger partial charge is 0.508 e. The molecule has 0 saturated heterocycles. The fraction of sp³-hybridized carbons (Fsp3) is 0.333. The van der Waals surface area contributed by atoms with E-state index in [0.717, 1.165) is 17.8 Å². The highest BCUT2D eigenvalue weighted by Gasteiger charge is 2.10. The van der Waals surface area contributed by atoms with E-state index in [2.05, 4.69) is 10.4 Å². The Bertz CT molecular complexity index is 632. The molecule has 20 heavy (non-hydrogen) atoms. The van der Waals surface area contributed by atoms with Gasteiger partial charge in [-0.3, -0.25) is 9.48 Å². The van der Waals surface area contributed by atoms with E-state index in [-0.39, 0.29) is 11.7 Å². The van der Waals surface area contributed by atoms with Crippen molar-refractivity contribution in [3.63, 3.8) is 0 Å². The molecule has 2 aromatic rings. The standard InChI is InChI=1S/C15H19N3O2/c1-10-14(11(2)18(3)17-10)7-8-16-15(20)12-5-4-6-13(19)9-12/h4-6,9,19H,7-8H2,1-3H3,(H,16,20). The molecule has 1 aromatic carbocycles. The predicted molar refractivity (Wildman–Crippen MR) is 76.8 cm³/mol. The minimum Gasteiger partial charge on any atom is -0.508 e. The van der Waals surface area contributed by atoms with Crippen LogP contribution in [0.5, 0.6) is 5.75 Å². The van der Waals surface area contributed by atoms with Crippen LogP contribution in [-0.4, -0.2) is 27.3 Å². The quantitative estimate of drug-likeness (QED) is 0.891. The Kier molecular flexibility index (Phi) is 4.08. The first-order valence-electron chi connectivity index (χ1n) is 6.55. The van der Waals surface area contributed by atoms with Gasteiger partial charge in [0.25, 0.3) is 5.91 Å². The van der Waals surface area contributed by atoms with Crippen LogP contribution in [0.15, 0.2) is 24.3 Å². The molecule has 0 fully saturated rings. The lowest BCUT2D eigenvalue weighted by molar-refractivity contribution is 0.0953. The summed E-state index contributed by atoms with van der Waals surface area (Å²) in [4.78, 5) is 11.9. The molecule has 0 aliphatic rings. The van der Waals surface area contributed by atoms with E-state index in [1.165, 1.54) is 11.6 Å². The first-order valence-corrected chi connectivity index (χ1v) is 6.55. The SMILES string of the molecule is Cc1nn(C)c(C)c1CCNC(=O)c1cccc(O)c1. The number of nitrogens with one attached hydrogen (secondary N) is 1. The number of hydrogen-bond acceptors (Lipinski definition) is 3. The Hall–Kier alpha value is -2.30. The second-order valence-corrected chi connectivity index (χ2v) is 4.83. The number of nitrogens with zero attached hydrogens (tertiary/aromatic N) is 2. The van der Waals surface area contributed by atoms with Crippen LogP contribution in [0.4, 0.5) is 0 Å². The Morgan fingerprint density at radius 3 is 2.75 bits per heavy atom. The molecule has 0 saturated carbocycles. The van der Waals surface area contributed by atoms with Crippen LogP contribution in [-0.2, 0) is 13.5 Å². The van der Waals surface area contributed by atoms with E-state index < -0.39 is 0 Å². The van der Waals surface area contributed by atoms with Gasteiger partial charge in [-0.25, -0.2) is 0 Å². The highest BCUT2D eigenvalue weighted by atomic mass is 16.3. The lowest BCUT2D eigenvalue weighted by Crippen LogP contribution is -2.25. The van der Waals surface area contributed by atoms with Gasteiger partial charge >= 0.3 is 0 Å². The zero-order chi connectivity index (χ0) is 14.7. The van der Waals surface area contributed by atoms with E-state index in [4.69, 9.17) is 0 Å². The second kappa shape index (κ2) is 5.77. The highest BCUT2D eigenvalue weighted by Crippen LogP contribution is 2.13. The highest BCUT2D eigenvalue weighted by molar-refractivity contribution is 5.94. The summed E-state index contributed by atoms with van der Waals surface area (Å²) in [5.41, 5.74) is 3.75. The molecular weight excluding hydrogens is 254 g/mol. The van der Waals surface area contributed by atoms with E-state index in [1.54, 1.807) is 18.2 Å². The second-order valence-electron chi connectivity index (χ2n) is 4.83. The number of carbonyl (C=O) groups excluding carboxylic acids is 1. The molecular formula is C15H19N3O2. The maximum absolute atomic E-state index is 11.9. The minimum atomic E-state index is -0.180. The number of hydrogen-bond donors (Lipinski definition) is 2. The number of rotatable bonds is 4. The summed E-state index contributed by atoms with van der Waals surface area (Å²) in [6.45, 7) is 4.54. The van der Waals surface area contributed by atoms with Crippen LogP contribution in [0.2, 0.25) is 0 Å². The number of carbonyl (C=O) groups is 1. The molecule has 1 amide bonds. The summed E-state index contributed by atoms with van der Waals surface area (Å²) in [6, 6.07) is 6.32. The predicted octanol–water partition coefficient (Wildman–Crippen LogP) is 1.72. The van der Waals surface area contributed by atoms with Gasteiger partial charge < -0.3 is 10.4 Å². The summed E-state index contributed by atoms with van der Waals surface area (Å²) >= 11 is 0. The molecule has 0 spiro atoms. The van der Waals surface area contributed by atoms with E-state index in [9.17, 15) is 9.90 Å². The van der Waals surface area contributed by atoms with Crippen LogP contribution in [0.1, 0.15) is 27.3 Å². The first-order chi connectivity index (χ1) is 9.49. The van der Waals surface area contributed by atoms with Gasteiger partial charge in [-0.2, -0.15) is 5.10 Å². The van der Waals surface area contributed by atoms with Crippen molar-refractivity contribution >= 4 is 5.91 Å². The third-order valence-corrected chi connectivity index (χ3v) is 3.43. The fourth-order valence-corrected chi connectivity index (χ4v) is 2.23. The molecule has 0 atom stereocenters. The summed E-state index contributed by atoms with van der Waals surface area (Å²) in [5, 5.41) is 16.6. The molecule has 1 heterocycles. The molecule has 5 nitrogen and oxygen atoms in total. The van der Waals surface area contributed by atoms with E-state index in [0.29, 0.717) is 12.1 Å². The Morgan fingerprint density at radius 1 is 1.40 bits per heavy atom. The molecule has 0 bridgehead atoms. The summed E-state index contributed by atoms with van der Waals surface area (Å²) < 4.78 is 1.85. The van der Waals surface area contributed by atoms with Crippen LogP contribution < -0.4 is 5.32 Å². The van der Waals surface area contributed by atoms with Crippen molar-refractivity contribution in [2.24, 2.45) is 7.05 Å². The van der Waals surface area contributed by atoms with Crippen molar-refractivity contribution in [2.45, 2.75) is 20.3 Å².